The van der Waals surface area contributed by atoms with Crippen LogP contribution in [0.5, 0.6) is 0 Å². The highest BCUT2D eigenvalue weighted by molar-refractivity contribution is 5.80. The predicted molar refractivity (Wildman–Crippen MR) is 49.8 cm³/mol. The molecule has 0 bridgehead atoms. The molecule has 0 aromatic rings. The number of carbonyl (C=O) groups excluding carboxylic acids is 2. The summed E-state index contributed by atoms with van der Waals surface area (Å²) in [7, 11) is 1.72. The van der Waals surface area contributed by atoms with Crippen LogP contribution in [0.25, 0.3) is 0 Å². The van der Waals surface area contributed by atoms with Crippen LogP contribution in [0.1, 0.15) is 20.3 Å². The fraction of sp³-hybridized carbons (Fsp3) is 0.667. The largest absolute Gasteiger partial charge is 0.353 e. The Morgan fingerprint density at radius 3 is 2.46 bits per heavy atom. The number of amides is 2. The van der Waals surface area contributed by atoms with Gasteiger partial charge in [-0.25, -0.2) is 0 Å². The van der Waals surface area contributed by atoms with Gasteiger partial charge >= 0.3 is 0 Å². The van der Waals surface area contributed by atoms with Gasteiger partial charge in [0.05, 0.1) is 6.92 Å². The van der Waals surface area contributed by atoms with Crippen LogP contribution in [0.4, 0.5) is 0 Å². The van der Waals surface area contributed by atoms with Gasteiger partial charge in [-0.1, -0.05) is 0 Å². The Labute approximate surface area is 79.3 Å². The molecule has 0 aromatic carbocycles. The molecule has 1 unspecified atom stereocenters. The van der Waals surface area contributed by atoms with Gasteiger partial charge in [-0.15, -0.1) is 0 Å². The summed E-state index contributed by atoms with van der Waals surface area (Å²) in [5.74, 6) is -0.510. The molecule has 13 heavy (non-hydrogen) atoms. The molecule has 0 spiro atoms. The molecule has 74 valence electrons. The summed E-state index contributed by atoms with van der Waals surface area (Å²) in [5, 5.41) is 2.54. The molecule has 0 aliphatic heterocycles. The summed E-state index contributed by atoms with van der Waals surface area (Å²) in [6.45, 7) is 8.90. The summed E-state index contributed by atoms with van der Waals surface area (Å²) >= 11 is 0. The average Bonchev–Trinajstić information content (AvgIpc) is 1.98. The zero-order valence-electron chi connectivity index (χ0n) is 8.33. The second-order valence-electron chi connectivity index (χ2n) is 3.14. The number of nitrogens with one attached hydrogen (secondary N) is 1. The highest BCUT2D eigenvalue weighted by atomic mass is 16.2. The number of rotatable bonds is 4. The molecule has 0 aromatic heterocycles. The normalized spacial score (nSPS) is 12.0. The van der Waals surface area contributed by atoms with Gasteiger partial charge in [0.2, 0.25) is 11.8 Å². The van der Waals surface area contributed by atoms with Crippen molar-refractivity contribution in [1.29, 1.82) is 0 Å². The van der Waals surface area contributed by atoms with Gasteiger partial charge in [0.1, 0.15) is 0 Å². The lowest BCUT2D eigenvalue weighted by Gasteiger charge is -2.18. The lowest BCUT2D eigenvalue weighted by Crippen LogP contribution is -2.35. The molecule has 0 fully saturated rings. The monoisotopic (exact) mass is 184 g/mol. The lowest BCUT2D eigenvalue weighted by molar-refractivity contribution is -0.127. The van der Waals surface area contributed by atoms with Gasteiger partial charge in [0.25, 0.3) is 0 Å². The van der Waals surface area contributed by atoms with Crippen molar-refractivity contribution in [1.82, 2.24) is 10.2 Å². The molecule has 0 aliphatic rings. The van der Waals surface area contributed by atoms with Crippen LogP contribution in [0.15, 0.2) is 0 Å². The van der Waals surface area contributed by atoms with Crippen LogP contribution in [0.3, 0.4) is 0 Å². The third-order valence-electron chi connectivity index (χ3n) is 1.82. The van der Waals surface area contributed by atoms with Gasteiger partial charge in [-0.05, 0) is 13.3 Å². The molecular formula is C9H16N2O2. The molecule has 4 nitrogen and oxygen atoms in total. The van der Waals surface area contributed by atoms with Crippen LogP contribution in [0.2, 0.25) is 0 Å². The molecule has 0 heterocycles. The van der Waals surface area contributed by atoms with Crippen LogP contribution < -0.4 is 5.32 Å². The van der Waals surface area contributed by atoms with Crippen molar-refractivity contribution in [3.8, 4) is 0 Å². The first-order chi connectivity index (χ1) is 5.93. The number of hydrogen-bond donors (Lipinski definition) is 1. The molecule has 2 radical (unpaired) electrons. The topological polar surface area (TPSA) is 49.4 Å². The second-order valence-corrected chi connectivity index (χ2v) is 3.14. The summed E-state index contributed by atoms with van der Waals surface area (Å²) < 4.78 is 0. The van der Waals surface area contributed by atoms with E-state index in [1.54, 1.807) is 11.9 Å². The minimum absolute atomic E-state index is 0.000648. The van der Waals surface area contributed by atoms with E-state index in [0.29, 0.717) is 13.0 Å². The van der Waals surface area contributed by atoms with Crippen LogP contribution >= 0.6 is 0 Å². The van der Waals surface area contributed by atoms with Crippen molar-refractivity contribution in [2.75, 3.05) is 13.6 Å². The Morgan fingerprint density at radius 1 is 1.54 bits per heavy atom. The maximum atomic E-state index is 10.8. The van der Waals surface area contributed by atoms with Crippen LogP contribution in [0, 0.1) is 6.92 Å². The first kappa shape index (κ1) is 11.9. The SMILES string of the molecule is [CH]C(=O)NC(C)CCN(C)C(C)=O. The first-order valence-corrected chi connectivity index (χ1v) is 4.21. The Balaban J connectivity index is 3.63. The number of nitrogens with zero attached hydrogens (tertiary/aromatic N) is 1. The summed E-state index contributed by atoms with van der Waals surface area (Å²) in [4.78, 5) is 22.8. The highest BCUT2D eigenvalue weighted by Gasteiger charge is 2.06. The molecule has 0 aliphatic carbocycles. The molecule has 0 rings (SSSR count). The van der Waals surface area contributed by atoms with Gasteiger partial charge in [0, 0.05) is 26.6 Å². The summed E-state index contributed by atoms with van der Waals surface area (Å²) in [6, 6.07) is -0.000648. The van der Waals surface area contributed by atoms with Crippen molar-refractivity contribution in [2.24, 2.45) is 0 Å². The number of hydrogen-bond acceptors (Lipinski definition) is 2. The Bertz CT molecular complexity index is 192. The van der Waals surface area contributed by atoms with Crippen molar-refractivity contribution in [2.45, 2.75) is 26.3 Å². The van der Waals surface area contributed by atoms with E-state index >= 15 is 0 Å². The third kappa shape index (κ3) is 6.13. The maximum Gasteiger partial charge on any atom is 0.224 e. The predicted octanol–water partition coefficient (Wildman–Crippen LogP) is 0.0706. The van der Waals surface area contributed by atoms with Crippen molar-refractivity contribution >= 4 is 11.8 Å². The molecule has 0 saturated heterocycles. The van der Waals surface area contributed by atoms with E-state index in [0.717, 1.165) is 0 Å². The van der Waals surface area contributed by atoms with Gasteiger partial charge in [0.15, 0.2) is 0 Å². The third-order valence-corrected chi connectivity index (χ3v) is 1.82. The van der Waals surface area contributed by atoms with E-state index in [4.69, 9.17) is 6.92 Å². The fourth-order valence-corrected chi connectivity index (χ4v) is 0.860. The molecule has 2 amide bonds. The summed E-state index contributed by atoms with van der Waals surface area (Å²) in [5.41, 5.74) is 0. The Kier molecular flexibility index (Phi) is 5.11. The van der Waals surface area contributed by atoms with E-state index in [1.807, 2.05) is 6.92 Å². The van der Waals surface area contributed by atoms with Crippen LogP contribution in [-0.2, 0) is 9.59 Å². The fourth-order valence-electron chi connectivity index (χ4n) is 0.860. The quantitative estimate of drug-likeness (QED) is 0.672. The van der Waals surface area contributed by atoms with Crippen molar-refractivity contribution in [3.05, 3.63) is 6.92 Å². The van der Waals surface area contributed by atoms with Gasteiger partial charge in [-0.3, -0.25) is 9.59 Å². The molecule has 4 heteroatoms. The smallest absolute Gasteiger partial charge is 0.224 e. The zero-order chi connectivity index (χ0) is 10.4. The molecule has 0 saturated carbocycles. The Morgan fingerprint density at radius 2 is 2.08 bits per heavy atom. The lowest BCUT2D eigenvalue weighted by atomic mass is 10.2. The van der Waals surface area contributed by atoms with E-state index in [9.17, 15) is 9.59 Å². The van der Waals surface area contributed by atoms with Crippen molar-refractivity contribution < 1.29 is 9.59 Å². The summed E-state index contributed by atoms with van der Waals surface area (Å²) in [6.07, 6.45) is 0.707. The second kappa shape index (κ2) is 5.56. The Hall–Kier alpha value is -1.06. The standard InChI is InChI=1S/C9H16N2O2/c1-7(10-8(2)12)5-6-11(4)9(3)13/h2,7H,5-6H2,1,3-4H3,(H,10,12). The minimum atomic E-state index is -0.530. The van der Waals surface area contributed by atoms with E-state index in [-0.39, 0.29) is 11.9 Å². The molecular weight excluding hydrogens is 168 g/mol. The highest BCUT2D eigenvalue weighted by Crippen LogP contribution is 1.94. The first-order valence-electron chi connectivity index (χ1n) is 4.21. The van der Waals surface area contributed by atoms with E-state index in [1.165, 1.54) is 6.92 Å². The van der Waals surface area contributed by atoms with Gasteiger partial charge in [-0.2, -0.15) is 0 Å². The molecule has 1 atom stereocenters. The van der Waals surface area contributed by atoms with E-state index in [2.05, 4.69) is 5.32 Å². The number of carbonyl (C=O) groups is 2. The maximum absolute atomic E-state index is 10.8. The zero-order valence-corrected chi connectivity index (χ0v) is 8.33. The van der Waals surface area contributed by atoms with Crippen molar-refractivity contribution in [3.63, 3.8) is 0 Å². The van der Waals surface area contributed by atoms with Crippen LogP contribution in [-0.4, -0.2) is 36.3 Å². The average molecular weight is 184 g/mol. The minimum Gasteiger partial charge on any atom is -0.353 e. The van der Waals surface area contributed by atoms with Gasteiger partial charge < -0.3 is 10.2 Å². The molecule has 1 N–H and O–H groups in total. The van der Waals surface area contributed by atoms with E-state index < -0.39 is 5.91 Å².